The third-order valence-corrected chi connectivity index (χ3v) is 3.76. The summed E-state index contributed by atoms with van der Waals surface area (Å²) in [6.45, 7) is 3.81. The lowest BCUT2D eigenvalue weighted by Gasteiger charge is -2.23. The van der Waals surface area contributed by atoms with E-state index < -0.39 is 0 Å². The van der Waals surface area contributed by atoms with Crippen LogP contribution >= 0.6 is 0 Å². The Bertz CT molecular complexity index is 391. The van der Waals surface area contributed by atoms with Gasteiger partial charge in [-0.3, -0.25) is 0 Å². The van der Waals surface area contributed by atoms with Gasteiger partial charge >= 0.3 is 0 Å². The van der Waals surface area contributed by atoms with Crippen molar-refractivity contribution in [2.24, 2.45) is 5.41 Å². The van der Waals surface area contributed by atoms with Gasteiger partial charge in [-0.05, 0) is 26.0 Å². The number of hydrogen-bond acceptors (Lipinski definition) is 1. The average Bonchev–Trinajstić information content (AvgIpc) is 2.64. The fraction of sp³-hybridized carbons (Fsp3) is 0.455. The van der Waals surface area contributed by atoms with Crippen molar-refractivity contribution < 1.29 is 9.13 Å². The Morgan fingerprint density at radius 3 is 3.00 bits per heavy atom. The molecule has 2 atom stereocenters. The SMILES string of the molecule is CC1=CC(F)=C(C)C23CC12C=CO3. The Balaban J connectivity index is 2.24. The molecule has 0 amide bonds. The van der Waals surface area contributed by atoms with Crippen LogP contribution in [0.5, 0.6) is 0 Å². The van der Waals surface area contributed by atoms with Gasteiger partial charge in [0.15, 0.2) is 0 Å². The van der Waals surface area contributed by atoms with Gasteiger partial charge in [0.1, 0.15) is 11.4 Å². The topological polar surface area (TPSA) is 9.23 Å². The van der Waals surface area contributed by atoms with Gasteiger partial charge in [-0.1, -0.05) is 5.57 Å². The Kier molecular flexibility index (Phi) is 0.986. The predicted octanol–water partition coefficient (Wildman–Crippen LogP) is 2.86. The highest BCUT2D eigenvalue weighted by molar-refractivity contribution is 5.56. The molecule has 2 aliphatic carbocycles. The summed E-state index contributed by atoms with van der Waals surface area (Å²) in [5, 5.41) is 0. The van der Waals surface area contributed by atoms with Gasteiger partial charge in [-0.15, -0.1) is 0 Å². The second-order valence-corrected chi connectivity index (χ2v) is 4.20. The molecule has 68 valence electrons. The van der Waals surface area contributed by atoms with Gasteiger partial charge in [-0.25, -0.2) is 4.39 Å². The van der Waals surface area contributed by atoms with E-state index in [1.165, 1.54) is 0 Å². The lowest BCUT2D eigenvalue weighted by atomic mass is 9.86. The van der Waals surface area contributed by atoms with Crippen LogP contribution < -0.4 is 0 Å². The number of rotatable bonds is 0. The maximum Gasteiger partial charge on any atom is 0.146 e. The fourth-order valence-corrected chi connectivity index (χ4v) is 2.72. The highest BCUT2D eigenvalue weighted by Crippen LogP contribution is 2.72. The summed E-state index contributed by atoms with van der Waals surface area (Å²) in [4.78, 5) is 0. The fourth-order valence-electron chi connectivity index (χ4n) is 2.72. The highest BCUT2D eigenvalue weighted by atomic mass is 19.1. The van der Waals surface area contributed by atoms with Gasteiger partial charge in [0.05, 0.1) is 11.7 Å². The van der Waals surface area contributed by atoms with Crippen LogP contribution in [0.15, 0.2) is 35.4 Å². The Hall–Kier alpha value is -1.05. The summed E-state index contributed by atoms with van der Waals surface area (Å²) in [6.07, 6.45) is 6.33. The normalized spacial score (nSPS) is 45.3. The van der Waals surface area contributed by atoms with Crippen LogP contribution in [0.3, 0.4) is 0 Å². The van der Waals surface area contributed by atoms with Gasteiger partial charge in [0, 0.05) is 12.0 Å². The highest BCUT2D eigenvalue weighted by Gasteiger charge is 2.74. The summed E-state index contributed by atoms with van der Waals surface area (Å²) >= 11 is 0. The quantitative estimate of drug-likeness (QED) is 0.554. The van der Waals surface area contributed by atoms with E-state index in [0.29, 0.717) is 0 Å². The van der Waals surface area contributed by atoms with E-state index in [1.54, 1.807) is 12.3 Å². The van der Waals surface area contributed by atoms with E-state index in [0.717, 1.165) is 17.6 Å². The molecule has 0 N–H and O–H groups in total. The molecule has 1 nitrogen and oxygen atoms in total. The van der Waals surface area contributed by atoms with E-state index in [9.17, 15) is 4.39 Å². The third-order valence-electron chi connectivity index (χ3n) is 3.76. The van der Waals surface area contributed by atoms with Gasteiger partial charge < -0.3 is 4.74 Å². The lowest BCUT2D eigenvalue weighted by molar-refractivity contribution is 0.147. The maximum absolute atomic E-state index is 13.4. The Labute approximate surface area is 76.6 Å². The van der Waals surface area contributed by atoms with E-state index in [2.05, 4.69) is 6.08 Å². The summed E-state index contributed by atoms with van der Waals surface area (Å²) in [5.41, 5.74) is 1.51. The molecule has 0 aromatic rings. The first-order valence-electron chi connectivity index (χ1n) is 4.54. The zero-order valence-corrected chi connectivity index (χ0v) is 7.73. The van der Waals surface area contributed by atoms with Crippen molar-refractivity contribution in [3.8, 4) is 0 Å². The molecule has 13 heavy (non-hydrogen) atoms. The summed E-state index contributed by atoms with van der Waals surface area (Å²) in [7, 11) is 0. The van der Waals surface area contributed by atoms with Crippen LogP contribution in [0, 0.1) is 5.41 Å². The molecule has 0 aromatic carbocycles. The molecule has 0 radical (unpaired) electrons. The lowest BCUT2D eigenvalue weighted by Crippen LogP contribution is -2.23. The van der Waals surface area contributed by atoms with Crippen molar-refractivity contribution >= 4 is 0 Å². The first-order chi connectivity index (χ1) is 6.12. The average molecular weight is 178 g/mol. The molecule has 1 fully saturated rings. The van der Waals surface area contributed by atoms with Gasteiger partial charge in [0.25, 0.3) is 0 Å². The molecule has 2 unspecified atom stereocenters. The molecule has 1 saturated carbocycles. The van der Waals surface area contributed by atoms with Crippen molar-refractivity contribution in [2.75, 3.05) is 0 Å². The minimum atomic E-state index is -0.337. The standard InChI is InChI=1S/C11H11FO/c1-7-5-9(12)8(2)11-6-10(7,11)3-4-13-11/h3-5H,6H2,1-2H3. The van der Waals surface area contributed by atoms with Crippen LogP contribution in [0.1, 0.15) is 20.3 Å². The van der Waals surface area contributed by atoms with Crippen LogP contribution in [-0.4, -0.2) is 5.60 Å². The van der Waals surface area contributed by atoms with Crippen molar-refractivity contribution in [1.29, 1.82) is 0 Å². The number of ether oxygens (including phenoxy) is 1. The molecule has 0 aromatic heterocycles. The largest absolute Gasteiger partial charge is 0.489 e. The summed E-state index contributed by atoms with van der Waals surface area (Å²) in [5.74, 6) is -0.116. The zero-order chi connectivity index (χ0) is 9.27. The maximum atomic E-state index is 13.4. The number of allylic oxidation sites excluding steroid dienone is 2. The smallest absolute Gasteiger partial charge is 0.146 e. The molecule has 1 aliphatic heterocycles. The predicted molar refractivity (Wildman–Crippen MR) is 47.6 cm³/mol. The zero-order valence-electron chi connectivity index (χ0n) is 7.73. The van der Waals surface area contributed by atoms with Gasteiger partial charge in [0.2, 0.25) is 0 Å². The van der Waals surface area contributed by atoms with E-state index in [1.807, 2.05) is 13.8 Å². The second kappa shape index (κ2) is 1.74. The molecule has 0 bridgehead atoms. The summed E-state index contributed by atoms with van der Waals surface area (Å²) < 4.78 is 19.0. The Morgan fingerprint density at radius 2 is 2.23 bits per heavy atom. The first-order valence-corrected chi connectivity index (χ1v) is 4.54. The van der Waals surface area contributed by atoms with Crippen molar-refractivity contribution in [2.45, 2.75) is 25.9 Å². The van der Waals surface area contributed by atoms with Crippen molar-refractivity contribution in [3.05, 3.63) is 35.4 Å². The molecule has 0 saturated heterocycles. The van der Waals surface area contributed by atoms with Gasteiger partial charge in [-0.2, -0.15) is 0 Å². The van der Waals surface area contributed by atoms with E-state index in [-0.39, 0.29) is 16.8 Å². The van der Waals surface area contributed by atoms with Crippen LogP contribution in [0.2, 0.25) is 0 Å². The Morgan fingerprint density at radius 1 is 1.46 bits per heavy atom. The minimum Gasteiger partial charge on any atom is -0.489 e. The van der Waals surface area contributed by atoms with Crippen LogP contribution in [-0.2, 0) is 4.74 Å². The minimum absolute atomic E-state index is 0.00662. The van der Waals surface area contributed by atoms with Crippen molar-refractivity contribution in [1.82, 2.24) is 0 Å². The number of halogens is 1. The molecular weight excluding hydrogens is 167 g/mol. The molecule has 3 rings (SSSR count). The van der Waals surface area contributed by atoms with E-state index >= 15 is 0 Å². The molecule has 1 heterocycles. The third kappa shape index (κ3) is 0.550. The summed E-state index contributed by atoms with van der Waals surface area (Å²) in [6, 6.07) is 0. The van der Waals surface area contributed by atoms with Crippen molar-refractivity contribution in [3.63, 3.8) is 0 Å². The molecular formula is C11H11FO. The molecule has 0 spiro atoms. The monoisotopic (exact) mass is 178 g/mol. The van der Waals surface area contributed by atoms with Crippen LogP contribution in [0.25, 0.3) is 0 Å². The first kappa shape index (κ1) is 7.36. The second-order valence-electron chi connectivity index (χ2n) is 4.20. The molecule has 3 aliphatic rings. The van der Waals surface area contributed by atoms with E-state index in [4.69, 9.17) is 4.74 Å². The molecule has 2 heteroatoms. The number of hydrogen-bond donors (Lipinski definition) is 0. The van der Waals surface area contributed by atoms with Crippen LogP contribution in [0.4, 0.5) is 4.39 Å².